The number of rotatable bonds is 6. The number of amides is 1. The summed E-state index contributed by atoms with van der Waals surface area (Å²) in [5, 5.41) is 15.4. The van der Waals surface area contributed by atoms with E-state index in [1.54, 1.807) is 19.9 Å². The number of hydrogen-bond donors (Lipinski definition) is 3. The van der Waals surface area contributed by atoms with Crippen molar-refractivity contribution in [2.75, 3.05) is 10.0 Å². The van der Waals surface area contributed by atoms with Crippen LogP contribution in [-0.4, -0.2) is 30.6 Å². The molecule has 0 saturated heterocycles. The van der Waals surface area contributed by atoms with E-state index in [9.17, 15) is 23.1 Å². The molecule has 9 nitrogen and oxygen atoms in total. The number of carboxylic acids is 1. The summed E-state index contributed by atoms with van der Waals surface area (Å²) >= 11 is 0. The number of aromatic carboxylic acids is 1. The average molecular weight is 415 g/mol. The lowest BCUT2D eigenvalue weighted by molar-refractivity contribution is 0.0692. The predicted octanol–water partition coefficient (Wildman–Crippen LogP) is 3.04. The van der Waals surface area contributed by atoms with Crippen LogP contribution in [0.4, 0.5) is 11.6 Å². The Balaban J connectivity index is 1.77. The van der Waals surface area contributed by atoms with Crippen LogP contribution in [0, 0.1) is 13.8 Å². The Bertz CT molecular complexity index is 1180. The SMILES string of the molecule is Cc1noc(NS(=O)(=O)c2ccc(NC(=O)c3ccccc3C(=O)O)cc2)c1C. The summed E-state index contributed by atoms with van der Waals surface area (Å²) in [4.78, 5) is 23.6. The van der Waals surface area contributed by atoms with Crippen LogP contribution in [-0.2, 0) is 10.0 Å². The lowest BCUT2D eigenvalue weighted by atomic mass is 10.1. The quantitative estimate of drug-likeness (QED) is 0.562. The van der Waals surface area contributed by atoms with Crippen LogP contribution in [0.25, 0.3) is 0 Å². The van der Waals surface area contributed by atoms with E-state index in [1.165, 1.54) is 42.5 Å². The van der Waals surface area contributed by atoms with Gasteiger partial charge < -0.3 is 14.9 Å². The fourth-order valence-electron chi connectivity index (χ4n) is 2.47. The second-order valence-electron chi connectivity index (χ2n) is 6.16. The molecule has 1 heterocycles. The summed E-state index contributed by atoms with van der Waals surface area (Å²) in [6, 6.07) is 11.2. The minimum Gasteiger partial charge on any atom is -0.478 e. The summed E-state index contributed by atoms with van der Waals surface area (Å²) < 4.78 is 32.3. The summed E-state index contributed by atoms with van der Waals surface area (Å²) in [6.07, 6.45) is 0. The first-order chi connectivity index (χ1) is 13.7. The lowest BCUT2D eigenvalue weighted by Crippen LogP contribution is -2.16. The first-order valence-electron chi connectivity index (χ1n) is 8.38. The fraction of sp³-hybridized carbons (Fsp3) is 0.105. The smallest absolute Gasteiger partial charge is 0.336 e. The summed E-state index contributed by atoms with van der Waals surface area (Å²) in [6.45, 7) is 3.37. The largest absolute Gasteiger partial charge is 0.478 e. The van der Waals surface area contributed by atoms with E-state index in [4.69, 9.17) is 4.52 Å². The highest BCUT2D eigenvalue weighted by molar-refractivity contribution is 7.92. The maximum atomic E-state index is 12.5. The van der Waals surface area contributed by atoms with E-state index in [0.29, 0.717) is 16.9 Å². The van der Waals surface area contributed by atoms with Crippen molar-refractivity contribution < 1.29 is 27.6 Å². The number of anilines is 2. The van der Waals surface area contributed by atoms with Crippen LogP contribution < -0.4 is 10.0 Å². The lowest BCUT2D eigenvalue weighted by Gasteiger charge is -2.09. The molecule has 3 N–H and O–H groups in total. The van der Waals surface area contributed by atoms with E-state index < -0.39 is 21.9 Å². The number of carboxylic acid groups (broad SMARTS) is 1. The van der Waals surface area contributed by atoms with Crippen LogP contribution in [0.2, 0.25) is 0 Å². The summed E-state index contributed by atoms with van der Waals surface area (Å²) in [5.41, 5.74) is 1.32. The zero-order valence-corrected chi connectivity index (χ0v) is 16.3. The number of benzene rings is 2. The topological polar surface area (TPSA) is 139 Å². The molecule has 0 bridgehead atoms. The second-order valence-corrected chi connectivity index (χ2v) is 7.84. The van der Waals surface area contributed by atoms with Gasteiger partial charge in [-0.15, -0.1) is 0 Å². The second kappa shape index (κ2) is 7.76. The molecule has 3 aromatic rings. The summed E-state index contributed by atoms with van der Waals surface area (Å²) in [5.74, 6) is -1.81. The van der Waals surface area contributed by atoms with E-state index >= 15 is 0 Å². The van der Waals surface area contributed by atoms with Crippen molar-refractivity contribution in [2.24, 2.45) is 0 Å². The van der Waals surface area contributed by atoms with E-state index in [-0.39, 0.29) is 21.9 Å². The van der Waals surface area contributed by atoms with Crippen LogP contribution in [0.5, 0.6) is 0 Å². The van der Waals surface area contributed by atoms with Crippen molar-refractivity contribution >= 4 is 33.5 Å². The molecule has 29 heavy (non-hydrogen) atoms. The average Bonchev–Trinajstić information content (AvgIpc) is 3.00. The molecule has 0 fully saturated rings. The van der Waals surface area contributed by atoms with Gasteiger partial charge in [-0.2, -0.15) is 0 Å². The molecule has 1 aromatic heterocycles. The van der Waals surface area contributed by atoms with Crippen LogP contribution in [0.15, 0.2) is 57.9 Å². The van der Waals surface area contributed by atoms with Crippen LogP contribution in [0.1, 0.15) is 32.0 Å². The van der Waals surface area contributed by atoms with Gasteiger partial charge >= 0.3 is 5.97 Å². The number of carbonyl (C=O) groups is 2. The summed E-state index contributed by atoms with van der Waals surface area (Å²) in [7, 11) is -3.91. The first-order valence-corrected chi connectivity index (χ1v) is 9.87. The molecular weight excluding hydrogens is 398 g/mol. The van der Waals surface area contributed by atoms with Crippen molar-refractivity contribution in [1.29, 1.82) is 0 Å². The maximum absolute atomic E-state index is 12.5. The van der Waals surface area contributed by atoms with Crippen LogP contribution >= 0.6 is 0 Å². The standard InChI is InChI=1S/C19H17N3O6S/c1-11-12(2)21-28-18(11)22-29(26,27)14-9-7-13(8-10-14)20-17(23)15-5-3-4-6-16(15)19(24)25/h3-10,22H,1-2H3,(H,20,23)(H,24,25). The Morgan fingerprint density at radius 2 is 1.62 bits per heavy atom. The van der Waals surface area contributed by atoms with Crippen molar-refractivity contribution in [3.8, 4) is 0 Å². The third-order valence-corrected chi connectivity index (χ3v) is 5.56. The van der Waals surface area contributed by atoms with E-state index in [1.807, 2.05) is 0 Å². The zero-order chi connectivity index (χ0) is 21.2. The molecule has 150 valence electrons. The molecule has 0 unspecified atom stereocenters. The maximum Gasteiger partial charge on any atom is 0.336 e. The molecule has 10 heteroatoms. The zero-order valence-electron chi connectivity index (χ0n) is 15.5. The van der Waals surface area contributed by atoms with Gasteiger partial charge in [-0.1, -0.05) is 17.3 Å². The number of aromatic nitrogens is 1. The number of aryl methyl sites for hydroxylation is 1. The molecule has 0 aliphatic rings. The Hall–Kier alpha value is -3.66. The monoisotopic (exact) mass is 415 g/mol. The third-order valence-electron chi connectivity index (χ3n) is 4.21. The van der Waals surface area contributed by atoms with Gasteiger partial charge in [0.2, 0.25) is 5.88 Å². The Kier molecular flexibility index (Phi) is 5.37. The molecule has 1 amide bonds. The molecule has 0 aliphatic heterocycles. The minimum absolute atomic E-state index is 0.00507. The van der Waals surface area contributed by atoms with Crippen molar-refractivity contribution in [2.45, 2.75) is 18.7 Å². The van der Waals surface area contributed by atoms with Gasteiger partial charge in [0.15, 0.2) is 0 Å². The molecular formula is C19H17N3O6S. The normalized spacial score (nSPS) is 11.1. The number of hydrogen-bond acceptors (Lipinski definition) is 6. The Labute approximate surface area is 166 Å². The van der Waals surface area contributed by atoms with Gasteiger partial charge in [0.05, 0.1) is 21.7 Å². The molecule has 3 rings (SSSR count). The highest BCUT2D eigenvalue weighted by Gasteiger charge is 2.20. The van der Waals surface area contributed by atoms with E-state index in [2.05, 4.69) is 15.2 Å². The number of nitrogens with zero attached hydrogens (tertiary/aromatic N) is 1. The molecule has 0 radical (unpaired) electrons. The molecule has 0 saturated carbocycles. The van der Waals surface area contributed by atoms with Crippen molar-refractivity contribution in [3.63, 3.8) is 0 Å². The predicted molar refractivity (Wildman–Crippen MR) is 105 cm³/mol. The molecule has 0 spiro atoms. The number of sulfonamides is 1. The molecule has 0 atom stereocenters. The van der Waals surface area contributed by atoms with E-state index in [0.717, 1.165) is 0 Å². The third kappa shape index (κ3) is 4.27. The minimum atomic E-state index is -3.91. The number of carbonyl (C=O) groups excluding carboxylic acids is 1. The van der Waals surface area contributed by atoms with Crippen molar-refractivity contribution in [1.82, 2.24) is 5.16 Å². The van der Waals surface area contributed by atoms with Crippen LogP contribution in [0.3, 0.4) is 0 Å². The number of nitrogens with one attached hydrogen (secondary N) is 2. The van der Waals surface area contributed by atoms with Gasteiger partial charge in [0, 0.05) is 11.3 Å². The van der Waals surface area contributed by atoms with Gasteiger partial charge in [-0.05, 0) is 50.2 Å². The van der Waals surface area contributed by atoms with Gasteiger partial charge in [0.25, 0.3) is 15.9 Å². The fourth-order valence-corrected chi connectivity index (χ4v) is 3.52. The highest BCUT2D eigenvalue weighted by atomic mass is 32.2. The Morgan fingerprint density at radius 3 is 2.17 bits per heavy atom. The van der Waals surface area contributed by atoms with Gasteiger partial charge in [-0.25, -0.2) is 17.9 Å². The molecule has 2 aromatic carbocycles. The highest BCUT2D eigenvalue weighted by Crippen LogP contribution is 2.23. The van der Waals surface area contributed by atoms with Gasteiger partial charge in [0.1, 0.15) is 0 Å². The first kappa shape index (κ1) is 20.1. The van der Waals surface area contributed by atoms with Gasteiger partial charge in [-0.3, -0.25) is 4.79 Å². The Morgan fingerprint density at radius 1 is 1.00 bits per heavy atom. The molecule has 0 aliphatic carbocycles. The van der Waals surface area contributed by atoms with Crippen molar-refractivity contribution in [3.05, 3.63) is 70.9 Å².